The minimum atomic E-state index is 0.321. The molecule has 0 aromatic carbocycles. The fourth-order valence-corrected chi connectivity index (χ4v) is 0.826. The molecule has 0 aliphatic carbocycles. The van der Waals surface area contributed by atoms with Crippen molar-refractivity contribution in [3.63, 3.8) is 0 Å². The van der Waals surface area contributed by atoms with E-state index in [2.05, 4.69) is 0 Å². The van der Waals surface area contributed by atoms with Crippen molar-refractivity contribution >= 4 is 11.6 Å². The molecule has 0 saturated heterocycles. The van der Waals surface area contributed by atoms with E-state index < -0.39 is 0 Å². The van der Waals surface area contributed by atoms with Gasteiger partial charge in [-0.3, -0.25) is 0 Å². The highest BCUT2D eigenvalue weighted by molar-refractivity contribution is 6.20. The van der Waals surface area contributed by atoms with Crippen molar-refractivity contribution in [2.75, 3.05) is 13.7 Å². The van der Waals surface area contributed by atoms with Gasteiger partial charge in [-0.05, 0) is 26.2 Å². The van der Waals surface area contributed by atoms with Gasteiger partial charge in [-0.2, -0.15) is 0 Å². The standard InChI is InChI=1S/C7H15ClO/c1-7(8)5-3-4-6-9-2/h7H,3-6H2,1-2H3. The first kappa shape index (κ1) is 9.25. The number of hydrogen-bond acceptors (Lipinski definition) is 1. The summed E-state index contributed by atoms with van der Waals surface area (Å²) < 4.78 is 4.88. The average molecular weight is 151 g/mol. The maximum Gasteiger partial charge on any atom is 0.0462 e. The Balaban J connectivity index is 2.75. The molecule has 9 heavy (non-hydrogen) atoms. The predicted molar refractivity (Wildman–Crippen MR) is 41.0 cm³/mol. The number of methoxy groups -OCH3 is 1. The van der Waals surface area contributed by atoms with Crippen molar-refractivity contribution < 1.29 is 4.74 Å². The second-order valence-electron chi connectivity index (χ2n) is 2.27. The van der Waals surface area contributed by atoms with Crippen molar-refractivity contribution in [1.82, 2.24) is 0 Å². The molecule has 56 valence electrons. The molecule has 0 aliphatic heterocycles. The van der Waals surface area contributed by atoms with Crippen molar-refractivity contribution in [3.8, 4) is 0 Å². The van der Waals surface area contributed by atoms with Crippen LogP contribution in [0.25, 0.3) is 0 Å². The minimum absolute atomic E-state index is 0.321. The van der Waals surface area contributed by atoms with Crippen LogP contribution in [0.3, 0.4) is 0 Å². The Bertz CT molecular complexity index is 54.9. The van der Waals surface area contributed by atoms with Crippen LogP contribution in [-0.4, -0.2) is 19.1 Å². The fourth-order valence-electron chi connectivity index (χ4n) is 0.672. The molecule has 0 fully saturated rings. The highest BCUT2D eigenvalue weighted by Gasteiger charge is 1.94. The summed E-state index contributed by atoms with van der Waals surface area (Å²) in [6.45, 7) is 2.89. The molecule has 0 N–H and O–H groups in total. The summed E-state index contributed by atoms with van der Waals surface area (Å²) in [4.78, 5) is 0. The highest BCUT2D eigenvalue weighted by atomic mass is 35.5. The van der Waals surface area contributed by atoms with Crippen LogP contribution in [0.5, 0.6) is 0 Å². The van der Waals surface area contributed by atoms with Crippen molar-refractivity contribution in [3.05, 3.63) is 0 Å². The van der Waals surface area contributed by atoms with Gasteiger partial charge in [0.1, 0.15) is 0 Å². The van der Waals surface area contributed by atoms with Crippen LogP contribution in [-0.2, 0) is 4.74 Å². The van der Waals surface area contributed by atoms with Gasteiger partial charge in [0.05, 0.1) is 0 Å². The molecule has 0 rings (SSSR count). The molecule has 0 amide bonds. The Hall–Kier alpha value is 0.250. The van der Waals surface area contributed by atoms with Gasteiger partial charge in [0.15, 0.2) is 0 Å². The summed E-state index contributed by atoms with van der Waals surface area (Å²) in [6.07, 6.45) is 3.41. The van der Waals surface area contributed by atoms with Gasteiger partial charge in [0, 0.05) is 19.1 Å². The van der Waals surface area contributed by atoms with E-state index in [0.717, 1.165) is 19.4 Å². The summed E-state index contributed by atoms with van der Waals surface area (Å²) in [6, 6.07) is 0. The molecule has 0 heterocycles. The van der Waals surface area contributed by atoms with Gasteiger partial charge in [-0.15, -0.1) is 11.6 Å². The van der Waals surface area contributed by atoms with Gasteiger partial charge in [0.25, 0.3) is 0 Å². The van der Waals surface area contributed by atoms with E-state index in [1.807, 2.05) is 6.92 Å². The SMILES string of the molecule is COCCCCC(C)Cl. The molecular weight excluding hydrogens is 136 g/mol. The zero-order valence-electron chi connectivity index (χ0n) is 6.19. The summed E-state index contributed by atoms with van der Waals surface area (Å²) >= 11 is 5.72. The van der Waals surface area contributed by atoms with E-state index >= 15 is 0 Å². The van der Waals surface area contributed by atoms with Gasteiger partial charge >= 0.3 is 0 Å². The van der Waals surface area contributed by atoms with Crippen molar-refractivity contribution in [1.29, 1.82) is 0 Å². The van der Waals surface area contributed by atoms with E-state index in [9.17, 15) is 0 Å². The van der Waals surface area contributed by atoms with E-state index in [1.54, 1.807) is 7.11 Å². The number of alkyl halides is 1. The van der Waals surface area contributed by atoms with Crippen LogP contribution in [0.4, 0.5) is 0 Å². The second-order valence-corrected chi connectivity index (χ2v) is 3.01. The van der Waals surface area contributed by atoms with Crippen LogP contribution < -0.4 is 0 Å². The molecule has 1 nitrogen and oxygen atoms in total. The fraction of sp³-hybridized carbons (Fsp3) is 1.00. The number of rotatable bonds is 5. The van der Waals surface area contributed by atoms with E-state index in [4.69, 9.17) is 16.3 Å². The van der Waals surface area contributed by atoms with Crippen LogP contribution in [0.1, 0.15) is 26.2 Å². The first-order valence-electron chi connectivity index (χ1n) is 3.40. The van der Waals surface area contributed by atoms with Crippen LogP contribution in [0.2, 0.25) is 0 Å². The van der Waals surface area contributed by atoms with Crippen molar-refractivity contribution in [2.24, 2.45) is 0 Å². The van der Waals surface area contributed by atoms with Crippen LogP contribution in [0.15, 0.2) is 0 Å². The molecule has 0 saturated carbocycles. The molecule has 0 bridgehead atoms. The minimum Gasteiger partial charge on any atom is -0.385 e. The lowest BCUT2D eigenvalue weighted by Crippen LogP contribution is -1.93. The third kappa shape index (κ3) is 8.25. The molecule has 0 aromatic heterocycles. The Morgan fingerprint density at radius 1 is 1.44 bits per heavy atom. The summed E-state index contributed by atoms with van der Waals surface area (Å²) in [5, 5.41) is 0.321. The lowest BCUT2D eigenvalue weighted by molar-refractivity contribution is 0.192. The summed E-state index contributed by atoms with van der Waals surface area (Å²) in [5.41, 5.74) is 0. The molecule has 0 spiro atoms. The largest absolute Gasteiger partial charge is 0.385 e. The van der Waals surface area contributed by atoms with Gasteiger partial charge in [-0.25, -0.2) is 0 Å². The van der Waals surface area contributed by atoms with E-state index in [-0.39, 0.29) is 0 Å². The average Bonchev–Trinajstić information content (AvgIpc) is 1.80. The van der Waals surface area contributed by atoms with Gasteiger partial charge in [0.2, 0.25) is 0 Å². The number of ether oxygens (including phenoxy) is 1. The second kappa shape index (κ2) is 6.37. The first-order valence-corrected chi connectivity index (χ1v) is 3.84. The quantitative estimate of drug-likeness (QED) is 0.432. The summed E-state index contributed by atoms with van der Waals surface area (Å²) in [7, 11) is 1.73. The monoisotopic (exact) mass is 150 g/mol. The third-order valence-electron chi connectivity index (χ3n) is 1.20. The van der Waals surface area contributed by atoms with E-state index in [1.165, 1.54) is 6.42 Å². The van der Waals surface area contributed by atoms with Crippen LogP contribution in [0, 0.1) is 0 Å². The Morgan fingerprint density at radius 2 is 2.11 bits per heavy atom. The Kier molecular flexibility index (Phi) is 6.55. The van der Waals surface area contributed by atoms with Gasteiger partial charge in [-0.1, -0.05) is 0 Å². The predicted octanol–water partition coefficient (Wildman–Crippen LogP) is 2.43. The molecule has 0 aromatic rings. The molecule has 1 unspecified atom stereocenters. The van der Waals surface area contributed by atoms with Crippen LogP contribution >= 0.6 is 11.6 Å². The smallest absolute Gasteiger partial charge is 0.0462 e. The third-order valence-corrected chi connectivity index (χ3v) is 1.42. The Labute approximate surface area is 62.3 Å². The molecule has 0 radical (unpaired) electrons. The topological polar surface area (TPSA) is 9.23 Å². The molecular formula is C7H15ClO. The highest BCUT2D eigenvalue weighted by Crippen LogP contribution is 2.05. The van der Waals surface area contributed by atoms with Crippen molar-refractivity contribution in [2.45, 2.75) is 31.6 Å². The van der Waals surface area contributed by atoms with Gasteiger partial charge < -0.3 is 4.74 Å². The number of hydrogen-bond donors (Lipinski definition) is 0. The maximum absolute atomic E-state index is 5.72. The first-order chi connectivity index (χ1) is 4.27. The number of halogens is 1. The molecule has 2 heteroatoms. The zero-order valence-corrected chi connectivity index (χ0v) is 6.95. The summed E-state index contributed by atoms with van der Waals surface area (Å²) in [5.74, 6) is 0. The molecule has 0 aliphatic rings. The normalized spacial score (nSPS) is 13.7. The maximum atomic E-state index is 5.72. The lowest BCUT2D eigenvalue weighted by Gasteiger charge is -2.00. The molecule has 1 atom stereocenters. The van der Waals surface area contributed by atoms with E-state index in [0.29, 0.717) is 5.38 Å². The number of unbranched alkanes of at least 4 members (excludes halogenated alkanes) is 1. The Morgan fingerprint density at radius 3 is 2.56 bits per heavy atom. The zero-order chi connectivity index (χ0) is 7.11. The lowest BCUT2D eigenvalue weighted by atomic mass is 10.2.